The average molecular weight is 355 g/mol. The first kappa shape index (κ1) is 16.4. The quantitative estimate of drug-likeness (QED) is 0.677. The van der Waals surface area contributed by atoms with Crippen LogP contribution in [0.4, 0.5) is 0 Å². The number of nitrogens with zero attached hydrogens (tertiary/aromatic N) is 2. The molecule has 1 aliphatic heterocycles. The van der Waals surface area contributed by atoms with Crippen molar-refractivity contribution in [3.63, 3.8) is 0 Å². The van der Waals surface area contributed by atoms with Gasteiger partial charge in [0.25, 0.3) is 11.8 Å². The molecule has 2 aromatic rings. The van der Waals surface area contributed by atoms with Crippen molar-refractivity contribution in [2.45, 2.75) is 6.92 Å². The Morgan fingerprint density at radius 2 is 1.96 bits per heavy atom. The summed E-state index contributed by atoms with van der Waals surface area (Å²) in [5.74, 6) is -0.751. The van der Waals surface area contributed by atoms with Crippen molar-refractivity contribution in [1.29, 1.82) is 0 Å². The number of amides is 2. The predicted molar refractivity (Wildman–Crippen MR) is 97.9 cm³/mol. The first-order chi connectivity index (χ1) is 11.5. The van der Waals surface area contributed by atoms with Crippen molar-refractivity contribution >= 4 is 46.2 Å². The number of thioether (sulfide) groups is 1. The Morgan fingerprint density at radius 3 is 2.67 bits per heavy atom. The monoisotopic (exact) mass is 355 g/mol. The maximum absolute atomic E-state index is 12.5. The lowest BCUT2D eigenvalue weighted by molar-refractivity contribution is -0.123. The fourth-order valence-electron chi connectivity index (χ4n) is 2.10. The van der Waals surface area contributed by atoms with Crippen molar-refractivity contribution in [1.82, 2.24) is 15.4 Å². The Kier molecular flexibility index (Phi) is 4.73. The molecule has 0 aliphatic carbocycles. The fraction of sp³-hybridized carbons (Fsp3) is 0.0588. The highest BCUT2D eigenvalue weighted by atomic mass is 32.2. The van der Waals surface area contributed by atoms with Crippen LogP contribution in [-0.2, 0) is 4.79 Å². The molecule has 1 saturated heterocycles. The SMILES string of the molecule is Cc1cccc(C=C2SC(=S)N(NC(=O)c3ccccc3)C2=O)n1. The number of thiocarbonyl (C=S) groups is 1. The third-order valence-electron chi connectivity index (χ3n) is 3.23. The predicted octanol–water partition coefficient (Wildman–Crippen LogP) is 2.94. The molecular formula is C17H13N3O2S2. The molecule has 0 saturated carbocycles. The summed E-state index contributed by atoms with van der Waals surface area (Å²) in [7, 11) is 0. The van der Waals surface area contributed by atoms with Crippen LogP contribution in [-0.4, -0.2) is 26.1 Å². The van der Waals surface area contributed by atoms with Gasteiger partial charge in [-0.15, -0.1) is 0 Å². The van der Waals surface area contributed by atoms with E-state index in [1.807, 2.05) is 31.2 Å². The highest BCUT2D eigenvalue weighted by Crippen LogP contribution is 2.31. The molecule has 1 N–H and O–H groups in total. The summed E-state index contributed by atoms with van der Waals surface area (Å²) in [6.45, 7) is 1.88. The third-order valence-corrected chi connectivity index (χ3v) is 4.53. The molecule has 24 heavy (non-hydrogen) atoms. The summed E-state index contributed by atoms with van der Waals surface area (Å²) < 4.78 is 0.281. The topological polar surface area (TPSA) is 62.3 Å². The highest BCUT2D eigenvalue weighted by molar-refractivity contribution is 8.26. The minimum absolute atomic E-state index is 0.281. The summed E-state index contributed by atoms with van der Waals surface area (Å²) in [4.78, 5) is 29.4. The van der Waals surface area contributed by atoms with E-state index in [4.69, 9.17) is 12.2 Å². The molecule has 5 nitrogen and oxygen atoms in total. The van der Waals surface area contributed by atoms with E-state index in [1.54, 1.807) is 30.3 Å². The Bertz CT molecular complexity index is 850. The molecule has 1 aromatic carbocycles. The summed E-state index contributed by atoms with van der Waals surface area (Å²) >= 11 is 6.33. The minimum Gasteiger partial charge on any atom is -0.267 e. The second-order valence-corrected chi connectivity index (χ2v) is 6.70. The number of nitrogens with one attached hydrogen (secondary N) is 1. The summed E-state index contributed by atoms with van der Waals surface area (Å²) in [5.41, 5.74) is 4.53. The Labute approximate surface area is 148 Å². The molecule has 1 aromatic heterocycles. The van der Waals surface area contributed by atoms with Crippen molar-refractivity contribution in [3.05, 3.63) is 70.4 Å². The number of hydrogen-bond donors (Lipinski definition) is 1. The van der Waals surface area contributed by atoms with Gasteiger partial charge < -0.3 is 0 Å². The molecule has 120 valence electrons. The molecule has 0 unspecified atom stereocenters. The molecule has 0 atom stereocenters. The smallest absolute Gasteiger partial charge is 0.267 e. The van der Waals surface area contributed by atoms with E-state index >= 15 is 0 Å². The van der Waals surface area contributed by atoms with Crippen molar-refractivity contribution < 1.29 is 9.59 Å². The maximum atomic E-state index is 12.5. The number of aryl methyl sites for hydroxylation is 1. The Balaban J connectivity index is 1.78. The van der Waals surface area contributed by atoms with E-state index in [1.165, 1.54) is 0 Å². The van der Waals surface area contributed by atoms with Crippen LogP contribution in [0.15, 0.2) is 53.4 Å². The number of benzene rings is 1. The van der Waals surface area contributed by atoms with Crippen LogP contribution >= 0.6 is 24.0 Å². The lowest BCUT2D eigenvalue weighted by Crippen LogP contribution is -2.44. The molecular weight excluding hydrogens is 342 g/mol. The van der Waals surface area contributed by atoms with Crippen molar-refractivity contribution in [2.24, 2.45) is 0 Å². The van der Waals surface area contributed by atoms with Crippen LogP contribution in [0.25, 0.3) is 6.08 Å². The molecule has 0 bridgehead atoms. The minimum atomic E-state index is -0.387. The second kappa shape index (κ2) is 6.94. The third kappa shape index (κ3) is 3.52. The van der Waals surface area contributed by atoms with Crippen LogP contribution in [0.5, 0.6) is 0 Å². The van der Waals surface area contributed by atoms with Crippen molar-refractivity contribution in [2.75, 3.05) is 0 Å². The zero-order valence-corrected chi connectivity index (χ0v) is 14.4. The maximum Gasteiger partial charge on any atom is 0.285 e. The van der Waals surface area contributed by atoms with Gasteiger partial charge in [0.15, 0.2) is 4.32 Å². The molecule has 2 heterocycles. The van der Waals surface area contributed by atoms with Gasteiger partial charge in [-0.05, 0) is 49.5 Å². The number of aromatic nitrogens is 1. The van der Waals surface area contributed by atoms with Crippen molar-refractivity contribution in [3.8, 4) is 0 Å². The van der Waals surface area contributed by atoms with Gasteiger partial charge >= 0.3 is 0 Å². The molecule has 0 radical (unpaired) electrons. The molecule has 7 heteroatoms. The summed E-state index contributed by atoms with van der Waals surface area (Å²) in [5, 5.41) is 1.09. The van der Waals surface area contributed by atoms with E-state index in [9.17, 15) is 9.59 Å². The van der Waals surface area contributed by atoms with Gasteiger partial charge in [-0.25, -0.2) is 0 Å². The standard InChI is InChI=1S/C17H13N3O2S2/c1-11-6-5-9-13(18-11)10-14-16(22)20(17(23)24-14)19-15(21)12-7-3-2-4-8-12/h2-10H,1H3,(H,19,21). The molecule has 1 aliphatic rings. The van der Waals surface area contributed by atoms with Gasteiger partial charge in [0.05, 0.1) is 10.6 Å². The van der Waals surface area contributed by atoms with E-state index in [-0.39, 0.29) is 16.1 Å². The zero-order valence-electron chi connectivity index (χ0n) is 12.7. The molecule has 3 rings (SSSR count). The number of rotatable bonds is 3. The molecule has 1 fully saturated rings. The molecule has 2 amide bonds. The number of hydrazine groups is 1. The second-order valence-electron chi connectivity index (χ2n) is 5.03. The number of hydrogen-bond acceptors (Lipinski definition) is 5. The van der Waals surface area contributed by atoms with Gasteiger partial charge in [0.1, 0.15) is 0 Å². The Morgan fingerprint density at radius 1 is 1.21 bits per heavy atom. The number of pyridine rings is 1. The largest absolute Gasteiger partial charge is 0.285 e. The van der Waals surface area contributed by atoms with E-state index in [2.05, 4.69) is 10.4 Å². The normalized spacial score (nSPS) is 15.9. The lowest BCUT2D eigenvalue weighted by atomic mass is 10.2. The van der Waals surface area contributed by atoms with Gasteiger partial charge in [-0.2, -0.15) is 5.01 Å². The molecule has 0 spiro atoms. The summed E-state index contributed by atoms with van der Waals surface area (Å²) in [6, 6.07) is 14.2. The van der Waals surface area contributed by atoms with Crippen LogP contribution in [0.1, 0.15) is 21.7 Å². The highest BCUT2D eigenvalue weighted by Gasteiger charge is 2.33. The lowest BCUT2D eigenvalue weighted by Gasteiger charge is -2.15. The Hall–Kier alpha value is -2.51. The van der Waals surface area contributed by atoms with Crippen LogP contribution in [0.2, 0.25) is 0 Å². The first-order valence-corrected chi connectivity index (χ1v) is 8.35. The number of carbonyl (C=O) groups is 2. The summed E-state index contributed by atoms with van der Waals surface area (Å²) in [6.07, 6.45) is 1.67. The van der Waals surface area contributed by atoms with Crippen LogP contribution < -0.4 is 5.43 Å². The van der Waals surface area contributed by atoms with Crippen LogP contribution in [0.3, 0.4) is 0 Å². The van der Waals surface area contributed by atoms with E-state index in [0.29, 0.717) is 16.2 Å². The van der Waals surface area contributed by atoms with Gasteiger partial charge in [0.2, 0.25) is 0 Å². The zero-order chi connectivity index (χ0) is 17.1. The average Bonchev–Trinajstić information content (AvgIpc) is 2.83. The van der Waals surface area contributed by atoms with Gasteiger partial charge in [-0.1, -0.05) is 36.0 Å². The van der Waals surface area contributed by atoms with Gasteiger partial charge in [0, 0.05) is 11.3 Å². The fourth-order valence-corrected chi connectivity index (χ4v) is 3.26. The van der Waals surface area contributed by atoms with E-state index < -0.39 is 0 Å². The number of carbonyl (C=O) groups excluding carboxylic acids is 2. The van der Waals surface area contributed by atoms with E-state index in [0.717, 1.165) is 22.5 Å². The van der Waals surface area contributed by atoms with Crippen LogP contribution in [0, 0.1) is 6.92 Å². The van der Waals surface area contributed by atoms with Gasteiger partial charge in [-0.3, -0.25) is 20.0 Å². The first-order valence-electron chi connectivity index (χ1n) is 7.12.